The standard InChI is InChI=1S/C24H36O/c1-3-5-19-6-10-21(11-7-19)23-14-16-24(17-15-23)22-12-8-20(9-13-22)18-25-4-2/h3,5,8-9,12-13,19,21,23-24H,4,6-7,10-11,14-18H2,1-2H3/t19-,21-,23-,24-. The Labute approximate surface area is 154 Å². The van der Waals surface area contributed by atoms with E-state index in [0.717, 1.165) is 36.9 Å². The third kappa shape index (κ3) is 5.20. The van der Waals surface area contributed by atoms with Gasteiger partial charge < -0.3 is 4.74 Å². The topological polar surface area (TPSA) is 9.23 Å². The molecule has 0 unspecified atom stereocenters. The van der Waals surface area contributed by atoms with Crippen LogP contribution in [0.2, 0.25) is 0 Å². The Morgan fingerprint density at radius 1 is 0.880 bits per heavy atom. The van der Waals surface area contributed by atoms with Crippen LogP contribution >= 0.6 is 0 Å². The molecule has 3 rings (SSSR count). The molecule has 2 fully saturated rings. The van der Waals surface area contributed by atoms with E-state index >= 15 is 0 Å². The average Bonchev–Trinajstić information content (AvgIpc) is 2.68. The molecule has 0 bridgehead atoms. The third-order valence-corrected chi connectivity index (χ3v) is 6.64. The highest BCUT2D eigenvalue weighted by atomic mass is 16.5. The van der Waals surface area contributed by atoms with Gasteiger partial charge in [-0.25, -0.2) is 0 Å². The van der Waals surface area contributed by atoms with E-state index in [4.69, 9.17) is 4.74 Å². The number of benzene rings is 1. The Morgan fingerprint density at radius 2 is 1.48 bits per heavy atom. The van der Waals surface area contributed by atoms with Gasteiger partial charge in [-0.15, -0.1) is 0 Å². The Hall–Kier alpha value is -1.08. The highest BCUT2D eigenvalue weighted by Gasteiger charge is 2.30. The molecule has 0 amide bonds. The van der Waals surface area contributed by atoms with Crippen LogP contribution in [-0.4, -0.2) is 6.61 Å². The smallest absolute Gasteiger partial charge is 0.0716 e. The molecule has 0 radical (unpaired) electrons. The molecule has 1 aromatic carbocycles. The van der Waals surface area contributed by atoms with E-state index in [0.29, 0.717) is 0 Å². The second-order valence-corrected chi connectivity index (χ2v) is 8.19. The minimum atomic E-state index is 0.749. The number of ether oxygens (including phenoxy) is 1. The molecule has 0 aromatic heterocycles. The van der Waals surface area contributed by atoms with Crippen LogP contribution in [0.15, 0.2) is 36.4 Å². The third-order valence-electron chi connectivity index (χ3n) is 6.64. The molecule has 2 saturated carbocycles. The predicted octanol–water partition coefficient (Wildman–Crippen LogP) is 6.88. The molecule has 0 atom stereocenters. The summed E-state index contributed by atoms with van der Waals surface area (Å²) in [7, 11) is 0. The number of hydrogen-bond acceptors (Lipinski definition) is 1. The lowest BCUT2D eigenvalue weighted by Crippen LogP contribution is -2.25. The van der Waals surface area contributed by atoms with Gasteiger partial charge >= 0.3 is 0 Å². The molecule has 0 aliphatic heterocycles. The van der Waals surface area contributed by atoms with Crippen molar-refractivity contribution < 1.29 is 4.74 Å². The van der Waals surface area contributed by atoms with Crippen molar-refractivity contribution in [1.29, 1.82) is 0 Å². The van der Waals surface area contributed by atoms with Gasteiger partial charge in [0.25, 0.3) is 0 Å². The van der Waals surface area contributed by atoms with E-state index in [1.54, 1.807) is 5.56 Å². The van der Waals surface area contributed by atoms with Crippen molar-refractivity contribution >= 4 is 0 Å². The van der Waals surface area contributed by atoms with Gasteiger partial charge in [0.15, 0.2) is 0 Å². The van der Waals surface area contributed by atoms with Gasteiger partial charge in [0.2, 0.25) is 0 Å². The Bertz CT molecular complexity index is 514. The highest BCUT2D eigenvalue weighted by Crippen LogP contribution is 2.44. The van der Waals surface area contributed by atoms with Crippen molar-refractivity contribution in [3.05, 3.63) is 47.5 Å². The van der Waals surface area contributed by atoms with E-state index in [2.05, 4.69) is 50.3 Å². The SMILES string of the molecule is CC=C[C@H]1CC[C@H]([C@H]2CC[C@H](c3ccc(COCC)cc3)CC2)CC1. The van der Waals surface area contributed by atoms with Gasteiger partial charge in [0.1, 0.15) is 0 Å². The second-order valence-electron chi connectivity index (χ2n) is 8.19. The molecule has 1 aromatic rings. The van der Waals surface area contributed by atoms with Crippen LogP contribution in [0.3, 0.4) is 0 Å². The zero-order valence-corrected chi connectivity index (χ0v) is 16.3. The molecule has 138 valence electrons. The largest absolute Gasteiger partial charge is 0.377 e. The maximum Gasteiger partial charge on any atom is 0.0716 e. The summed E-state index contributed by atoms with van der Waals surface area (Å²) in [5, 5.41) is 0. The zero-order chi connectivity index (χ0) is 17.5. The van der Waals surface area contributed by atoms with Crippen molar-refractivity contribution in [2.45, 2.75) is 77.7 Å². The molecule has 2 aliphatic rings. The maximum atomic E-state index is 5.50. The fraction of sp³-hybridized carbons (Fsp3) is 0.667. The minimum Gasteiger partial charge on any atom is -0.377 e. The first-order valence-electron chi connectivity index (χ1n) is 10.6. The number of allylic oxidation sites excluding steroid dienone is 2. The highest BCUT2D eigenvalue weighted by molar-refractivity contribution is 5.25. The number of rotatable bonds is 6. The van der Waals surface area contributed by atoms with Crippen molar-refractivity contribution in [1.82, 2.24) is 0 Å². The zero-order valence-electron chi connectivity index (χ0n) is 16.3. The molecule has 25 heavy (non-hydrogen) atoms. The Balaban J connectivity index is 1.45. The van der Waals surface area contributed by atoms with Crippen LogP contribution in [0, 0.1) is 17.8 Å². The minimum absolute atomic E-state index is 0.749. The maximum absolute atomic E-state index is 5.50. The van der Waals surface area contributed by atoms with Crippen LogP contribution < -0.4 is 0 Å². The summed E-state index contributed by atoms with van der Waals surface area (Å²) in [6.45, 7) is 5.76. The lowest BCUT2D eigenvalue weighted by atomic mass is 9.68. The Kier molecular flexibility index (Phi) is 7.16. The van der Waals surface area contributed by atoms with Crippen LogP contribution in [0.5, 0.6) is 0 Å². The fourth-order valence-corrected chi connectivity index (χ4v) is 5.11. The molecular weight excluding hydrogens is 304 g/mol. The number of hydrogen-bond donors (Lipinski definition) is 0. The van der Waals surface area contributed by atoms with Gasteiger partial charge in [-0.2, -0.15) is 0 Å². The molecule has 0 spiro atoms. The normalized spacial score (nSPS) is 30.6. The van der Waals surface area contributed by atoms with Crippen LogP contribution in [0.25, 0.3) is 0 Å². The van der Waals surface area contributed by atoms with E-state index in [-0.39, 0.29) is 0 Å². The lowest BCUT2D eigenvalue weighted by Gasteiger charge is -2.37. The van der Waals surface area contributed by atoms with Gasteiger partial charge in [-0.3, -0.25) is 0 Å². The van der Waals surface area contributed by atoms with E-state index in [1.807, 2.05) is 0 Å². The summed E-state index contributed by atoms with van der Waals surface area (Å²) >= 11 is 0. The summed E-state index contributed by atoms with van der Waals surface area (Å²) < 4.78 is 5.50. The van der Waals surface area contributed by atoms with E-state index in [1.165, 1.54) is 56.9 Å². The van der Waals surface area contributed by atoms with Crippen molar-refractivity contribution in [2.75, 3.05) is 6.61 Å². The molecule has 0 N–H and O–H groups in total. The second kappa shape index (κ2) is 9.57. The summed E-state index contributed by atoms with van der Waals surface area (Å²) in [6.07, 6.45) is 16.2. The Morgan fingerprint density at radius 3 is 2.04 bits per heavy atom. The van der Waals surface area contributed by atoms with Gasteiger partial charge in [-0.1, -0.05) is 36.4 Å². The molecular formula is C24H36O. The summed E-state index contributed by atoms with van der Waals surface area (Å²) in [5.41, 5.74) is 2.85. The average molecular weight is 341 g/mol. The van der Waals surface area contributed by atoms with Crippen molar-refractivity contribution in [3.63, 3.8) is 0 Å². The van der Waals surface area contributed by atoms with Crippen molar-refractivity contribution in [3.8, 4) is 0 Å². The summed E-state index contributed by atoms with van der Waals surface area (Å²) in [6, 6.07) is 9.22. The van der Waals surface area contributed by atoms with Crippen LogP contribution in [0.1, 0.15) is 82.3 Å². The van der Waals surface area contributed by atoms with E-state index in [9.17, 15) is 0 Å². The lowest BCUT2D eigenvalue weighted by molar-refractivity contribution is 0.134. The molecule has 1 heteroatoms. The molecule has 2 aliphatic carbocycles. The predicted molar refractivity (Wildman–Crippen MR) is 107 cm³/mol. The van der Waals surface area contributed by atoms with Crippen LogP contribution in [0.4, 0.5) is 0 Å². The first-order valence-corrected chi connectivity index (χ1v) is 10.6. The summed E-state index contributed by atoms with van der Waals surface area (Å²) in [5.74, 6) is 3.67. The summed E-state index contributed by atoms with van der Waals surface area (Å²) in [4.78, 5) is 0. The first-order chi connectivity index (χ1) is 12.3. The van der Waals surface area contributed by atoms with Gasteiger partial charge in [0.05, 0.1) is 6.61 Å². The van der Waals surface area contributed by atoms with E-state index < -0.39 is 0 Å². The van der Waals surface area contributed by atoms with Gasteiger partial charge in [0, 0.05) is 6.61 Å². The first kappa shape index (κ1) is 18.7. The van der Waals surface area contributed by atoms with Crippen LogP contribution in [-0.2, 0) is 11.3 Å². The fourth-order valence-electron chi connectivity index (χ4n) is 5.11. The monoisotopic (exact) mass is 340 g/mol. The molecule has 0 saturated heterocycles. The molecule has 1 nitrogen and oxygen atoms in total. The van der Waals surface area contributed by atoms with Crippen molar-refractivity contribution in [2.24, 2.45) is 17.8 Å². The van der Waals surface area contributed by atoms with Gasteiger partial charge in [-0.05, 0) is 100 Å². The quantitative estimate of drug-likeness (QED) is 0.513. The molecule has 0 heterocycles.